The van der Waals surface area contributed by atoms with Crippen LogP contribution in [0.4, 0.5) is 0 Å². The van der Waals surface area contributed by atoms with Gasteiger partial charge in [-0.1, -0.05) is 26.0 Å². The molecule has 3 heteroatoms. The Morgan fingerprint density at radius 2 is 2.26 bits per heavy atom. The fourth-order valence-corrected chi connectivity index (χ4v) is 2.72. The molecule has 1 fully saturated rings. The van der Waals surface area contributed by atoms with Crippen LogP contribution in [0.3, 0.4) is 0 Å². The maximum Gasteiger partial charge on any atom is 0.115 e. The van der Waals surface area contributed by atoms with Crippen LogP contribution in [0.25, 0.3) is 0 Å². The van der Waals surface area contributed by atoms with Crippen molar-refractivity contribution in [2.75, 3.05) is 26.3 Å². The van der Waals surface area contributed by atoms with E-state index in [9.17, 15) is 5.11 Å². The molecule has 0 saturated carbocycles. The smallest absolute Gasteiger partial charge is 0.115 e. The highest BCUT2D eigenvalue weighted by molar-refractivity contribution is 5.28. The highest BCUT2D eigenvalue weighted by atomic mass is 16.5. The summed E-state index contributed by atoms with van der Waals surface area (Å²) in [6.45, 7) is 8.14. The molecule has 1 aliphatic rings. The summed E-state index contributed by atoms with van der Waals surface area (Å²) < 4.78 is 5.62. The maximum atomic E-state index is 9.57. The highest BCUT2D eigenvalue weighted by Crippen LogP contribution is 2.32. The number of phenols is 1. The second kappa shape index (κ2) is 6.40. The van der Waals surface area contributed by atoms with E-state index in [0.29, 0.717) is 11.7 Å². The van der Waals surface area contributed by atoms with E-state index in [0.717, 1.165) is 39.1 Å². The normalized spacial score (nSPS) is 23.1. The first kappa shape index (κ1) is 14.4. The summed E-state index contributed by atoms with van der Waals surface area (Å²) in [7, 11) is 0. The lowest BCUT2D eigenvalue weighted by molar-refractivity contribution is 0.148. The van der Waals surface area contributed by atoms with Crippen molar-refractivity contribution in [3.8, 4) is 5.75 Å². The Hall–Kier alpha value is -1.06. The molecule has 3 nitrogen and oxygen atoms in total. The lowest BCUT2D eigenvalue weighted by atomic mass is 9.80. The molecule has 1 heterocycles. The van der Waals surface area contributed by atoms with Crippen molar-refractivity contribution >= 4 is 0 Å². The van der Waals surface area contributed by atoms with Crippen LogP contribution in [0.1, 0.15) is 25.8 Å². The first-order valence-electron chi connectivity index (χ1n) is 7.16. The van der Waals surface area contributed by atoms with Crippen molar-refractivity contribution < 1.29 is 9.84 Å². The second-order valence-electron chi connectivity index (χ2n) is 6.17. The van der Waals surface area contributed by atoms with Gasteiger partial charge in [-0.05, 0) is 43.0 Å². The lowest BCUT2D eigenvalue weighted by Crippen LogP contribution is -2.38. The minimum atomic E-state index is 0.183. The fourth-order valence-electron chi connectivity index (χ4n) is 2.72. The van der Waals surface area contributed by atoms with Crippen molar-refractivity contribution in [3.63, 3.8) is 0 Å². The van der Waals surface area contributed by atoms with E-state index in [2.05, 4.69) is 25.2 Å². The molecule has 1 aromatic rings. The molecule has 0 amide bonds. The van der Waals surface area contributed by atoms with Gasteiger partial charge in [0.2, 0.25) is 0 Å². The second-order valence-corrected chi connectivity index (χ2v) is 6.17. The van der Waals surface area contributed by atoms with Gasteiger partial charge in [-0.15, -0.1) is 0 Å². The Bertz CT molecular complexity index is 397. The Labute approximate surface area is 116 Å². The molecular weight excluding hydrogens is 238 g/mol. The van der Waals surface area contributed by atoms with Crippen LogP contribution in [-0.2, 0) is 11.2 Å². The molecule has 106 valence electrons. The van der Waals surface area contributed by atoms with Gasteiger partial charge >= 0.3 is 0 Å². The predicted molar refractivity (Wildman–Crippen MR) is 77.4 cm³/mol. The van der Waals surface area contributed by atoms with Crippen LogP contribution in [0.5, 0.6) is 5.75 Å². The maximum absolute atomic E-state index is 9.57. The molecule has 0 bridgehead atoms. The largest absolute Gasteiger partial charge is 0.508 e. The average molecular weight is 263 g/mol. The zero-order valence-corrected chi connectivity index (χ0v) is 12.0. The Balaban J connectivity index is 1.99. The van der Waals surface area contributed by atoms with Gasteiger partial charge < -0.3 is 15.2 Å². The van der Waals surface area contributed by atoms with Crippen LogP contribution in [0.2, 0.25) is 0 Å². The van der Waals surface area contributed by atoms with Crippen LogP contribution in [0, 0.1) is 11.3 Å². The van der Waals surface area contributed by atoms with E-state index in [1.807, 2.05) is 12.1 Å². The zero-order chi connectivity index (χ0) is 13.7. The van der Waals surface area contributed by atoms with Gasteiger partial charge in [0.05, 0.1) is 6.61 Å². The number of benzene rings is 1. The van der Waals surface area contributed by atoms with E-state index < -0.39 is 0 Å². The van der Waals surface area contributed by atoms with Crippen molar-refractivity contribution in [1.29, 1.82) is 0 Å². The van der Waals surface area contributed by atoms with Crippen LogP contribution in [-0.4, -0.2) is 31.4 Å². The summed E-state index contributed by atoms with van der Waals surface area (Å²) >= 11 is 0. The first-order valence-corrected chi connectivity index (χ1v) is 7.16. The summed E-state index contributed by atoms with van der Waals surface area (Å²) in [5.74, 6) is 1.02. The molecule has 1 atom stereocenters. The van der Waals surface area contributed by atoms with Gasteiger partial charge in [0.25, 0.3) is 0 Å². The van der Waals surface area contributed by atoms with E-state index >= 15 is 0 Å². The van der Waals surface area contributed by atoms with Gasteiger partial charge in [-0.3, -0.25) is 0 Å². The molecule has 1 saturated heterocycles. The molecule has 1 aliphatic heterocycles. The van der Waals surface area contributed by atoms with Gasteiger partial charge in [0.15, 0.2) is 0 Å². The third-order valence-corrected chi connectivity index (χ3v) is 3.73. The molecule has 19 heavy (non-hydrogen) atoms. The van der Waals surface area contributed by atoms with Crippen molar-refractivity contribution in [2.24, 2.45) is 11.3 Å². The highest BCUT2D eigenvalue weighted by Gasteiger charge is 2.34. The summed E-state index contributed by atoms with van der Waals surface area (Å²) in [5.41, 5.74) is 1.37. The molecule has 0 radical (unpaired) electrons. The Morgan fingerprint density at radius 1 is 1.42 bits per heavy atom. The third kappa shape index (κ3) is 4.22. The van der Waals surface area contributed by atoms with Crippen LogP contribution in [0.15, 0.2) is 24.3 Å². The molecule has 1 unspecified atom stereocenters. The Kier molecular flexibility index (Phi) is 4.83. The number of hydrogen-bond acceptors (Lipinski definition) is 3. The monoisotopic (exact) mass is 263 g/mol. The predicted octanol–water partition coefficient (Wildman–Crippen LogP) is 2.59. The minimum absolute atomic E-state index is 0.183. The van der Waals surface area contributed by atoms with Crippen molar-refractivity contribution in [3.05, 3.63) is 29.8 Å². The molecular formula is C16H25NO2. The molecule has 2 N–H and O–H groups in total. The number of phenolic OH excluding ortho intramolecular Hbond substituents is 1. The van der Waals surface area contributed by atoms with Gasteiger partial charge in [0.1, 0.15) is 5.75 Å². The van der Waals surface area contributed by atoms with Gasteiger partial charge in [0, 0.05) is 18.6 Å². The number of ether oxygens (including phenoxy) is 1. The van der Waals surface area contributed by atoms with Gasteiger partial charge in [-0.2, -0.15) is 0 Å². The number of aromatic hydroxyl groups is 1. The third-order valence-electron chi connectivity index (χ3n) is 3.73. The topological polar surface area (TPSA) is 41.5 Å². The van der Waals surface area contributed by atoms with E-state index in [1.54, 1.807) is 6.07 Å². The molecule has 1 aromatic carbocycles. The van der Waals surface area contributed by atoms with E-state index in [4.69, 9.17) is 4.74 Å². The van der Waals surface area contributed by atoms with E-state index in [-0.39, 0.29) is 5.41 Å². The SMILES string of the molecule is CC(C)CNCC1(Cc2cccc(O)c2)CCOC1. The molecule has 0 aromatic heterocycles. The summed E-state index contributed by atoms with van der Waals surface area (Å²) in [6.07, 6.45) is 2.06. The van der Waals surface area contributed by atoms with Gasteiger partial charge in [-0.25, -0.2) is 0 Å². The van der Waals surface area contributed by atoms with Crippen molar-refractivity contribution in [2.45, 2.75) is 26.7 Å². The fraction of sp³-hybridized carbons (Fsp3) is 0.625. The standard InChI is InChI=1S/C16H25NO2/c1-13(2)10-17-11-16(6-7-19-12-16)9-14-4-3-5-15(18)8-14/h3-5,8,13,17-18H,6-7,9-12H2,1-2H3. The van der Waals surface area contributed by atoms with Crippen LogP contribution < -0.4 is 5.32 Å². The quantitative estimate of drug-likeness (QED) is 0.829. The summed E-state index contributed by atoms with van der Waals surface area (Å²) in [5, 5.41) is 13.1. The minimum Gasteiger partial charge on any atom is -0.508 e. The number of rotatable bonds is 6. The summed E-state index contributed by atoms with van der Waals surface area (Å²) in [6, 6.07) is 7.58. The lowest BCUT2D eigenvalue weighted by Gasteiger charge is -2.28. The number of hydrogen-bond donors (Lipinski definition) is 2. The molecule has 0 spiro atoms. The van der Waals surface area contributed by atoms with Crippen molar-refractivity contribution in [1.82, 2.24) is 5.32 Å². The Morgan fingerprint density at radius 3 is 2.89 bits per heavy atom. The average Bonchev–Trinajstić information content (AvgIpc) is 2.77. The summed E-state index contributed by atoms with van der Waals surface area (Å²) in [4.78, 5) is 0. The number of nitrogens with one attached hydrogen (secondary N) is 1. The first-order chi connectivity index (χ1) is 9.10. The zero-order valence-electron chi connectivity index (χ0n) is 12.0. The van der Waals surface area contributed by atoms with Crippen LogP contribution >= 0.6 is 0 Å². The molecule has 0 aliphatic carbocycles. The van der Waals surface area contributed by atoms with E-state index in [1.165, 1.54) is 5.56 Å². The molecule has 2 rings (SSSR count).